The van der Waals surface area contributed by atoms with E-state index in [1.54, 1.807) is 7.11 Å². The molecule has 18 heavy (non-hydrogen) atoms. The fourth-order valence-corrected chi connectivity index (χ4v) is 1.63. The highest BCUT2D eigenvalue weighted by atomic mass is 16.5. The summed E-state index contributed by atoms with van der Waals surface area (Å²) in [4.78, 5) is 0. The van der Waals surface area contributed by atoms with Crippen molar-refractivity contribution in [2.45, 2.75) is 26.1 Å². The first-order valence-corrected chi connectivity index (χ1v) is 6.32. The summed E-state index contributed by atoms with van der Waals surface area (Å²) in [5.41, 5.74) is 6.73. The zero-order chi connectivity index (χ0) is 13.2. The molecule has 4 heteroatoms. The molecule has 0 aliphatic carbocycles. The summed E-state index contributed by atoms with van der Waals surface area (Å²) in [5, 5.41) is 0. The maximum Gasteiger partial charge on any atom is 0.118 e. The number of ether oxygens (including phenoxy) is 3. The van der Waals surface area contributed by atoms with Crippen molar-refractivity contribution in [1.29, 1.82) is 0 Å². The van der Waals surface area contributed by atoms with E-state index in [0.717, 1.165) is 17.7 Å². The van der Waals surface area contributed by atoms with Gasteiger partial charge in [0.25, 0.3) is 0 Å². The summed E-state index contributed by atoms with van der Waals surface area (Å²) in [6, 6.07) is 7.87. The van der Waals surface area contributed by atoms with Crippen LogP contribution in [0, 0.1) is 0 Å². The topological polar surface area (TPSA) is 53.7 Å². The second kappa shape index (κ2) is 8.91. The third-order valence-electron chi connectivity index (χ3n) is 2.68. The lowest BCUT2D eigenvalue weighted by atomic mass is 10.2. The largest absolute Gasteiger partial charge is 0.497 e. The zero-order valence-electron chi connectivity index (χ0n) is 11.2. The van der Waals surface area contributed by atoms with Crippen molar-refractivity contribution in [2.24, 2.45) is 5.73 Å². The molecule has 0 amide bonds. The van der Waals surface area contributed by atoms with Crippen LogP contribution < -0.4 is 10.5 Å². The van der Waals surface area contributed by atoms with Crippen LogP contribution in [0.3, 0.4) is 0 Å². The molecule has 4 nitrogen and oxygen atoms in total. The fourth-order valence-electron chi connectivity index (χ4n) is 1.63. The summed E-state index contributed by atoms with van der Waals surface area (Å²) in [6.07, 6.45) is 0.936. The van der Waals surface area contributed by atoms with Gasteiger partial charge in [-0.3, -0.25) is 0 Å². The molecule has 0 heterocycles. The Morgan fingerprint density at radius 3 is 2.50 bits per heavy atom. The third kappa shape index (κ3) is 5.49. The van der Waals surface area contributed by atoms with Gasteiger partial charge in [0.1, 0.15) is 5.75 Å². The van der Waals surface area contributed by atoms with Gasteiger partial charge in [-0.15, -0.1) is 0 Å². The Hall–Kier alpha value is -1.10. The van der Waals surface area contributed by atoms with Crippen LogP contribution >= 0.6 is 0 Å². The Kier molecular flexibility index (Phi) is 7.41. The Balaban J connectivity index is 2.20. The minimum atomic E-state index is 0.103. The van der Waals surface area contributed by atoms with Crippen LogP contribution in [0.2, 0.25) is 0 Å². The standard InChI is InChI=1S/C14H23NO3/c1-3-18-14(10-15)8-9-17-11-12-4-6-13(16-2)7-5-12/h4-7,14H,3,8-11,15H2,1-2H3. The summed E-state index contributed by atoms with van der Waals surface area (Å²) in [5.74, 6) is 0.860. The van der Waals surface area contributed by atoms with E-state index in [0.29, 0.717) is 26.4 Å². The van der Waals surface area contributed by atoms with Gasteiger partial charge < -0.3 is 19.9 Å². The third-order valence-corrected chi connectivity index (χ3v) is 2.68. The lowest BCUT2D eigenvalue weighted by molar-refractivity contribution is 0.0289. The van der Waals surface area contributed by atoms with E-state index < -0.39 is 0 Å². The van der Waals surface area contributed by atoms with Crippen LogP contribution in [0.4, 0.5) is 0 Å². The molecule has 0 saturated carbocycles. The number of hydrogen-bond donors (Lipinski definition) is 1. The average molecular weight is 253 g/mol. The molecule has 0 aromatic heterocycles. The molecule has 1 atom stereocenters. The molecule has 0 bridgehead atoms. The lowest BCUT2D eigenvalue weighted by Crippen LogP contribution is -2.25. The van der Waals surface area contributed by atoms with Crippen molar-refractivity contribution in [3.8, 4) is 5.75 Å². The first kappa shape index (κ1) is 15.0. The smallest absolute Gasteiger partial charge is 0.118 e. The van der Waals surface area contributed by atoms with Crippen LogP contribution in [-0.2, 0) is 16.1 Å². The maximum absolute atomic E-state index is 5.60. The first-order valence-electron chi connectivity index (χ1n) is 6.32. The van der Waals surface area contributed by atoms with Gasteiger partial charge in [-0.2, -0.15) is 0 Å². The predicted molar refractivity (Wildman–Crippen MR) is 71.7 cm³/mol. The van der Waals surface area contributed by atoms with Crippen molar-refractivity contribution in [2.75, 3.05) is 26.9 Å². The minimum Gasteiger partial charge on any atom is -0.497 e. The van der Waals surface area contributed by atoms with E-state index in [-0.39, 0.29) is 6.10 Å². The molecule has 102 valence electrons. The molecule has 1 aromatic rings. The van der Waals surface area contributed by atoms with Gasteiger partial charge >= 0.3 is 0 Å². The molecule has 2 N–H and O–H groups in total. The summed E-state index contributed by atoms with van der Waals surface area (Å²) < 4.78 is 16.1. The molecule has 0 radical (unpaired) electrons. The molecular formula is C14H23NO3. The molecule has 0 fully saturated rings. The molecule has 0 aliphatic rings. The molecule has 1 aromatic carbocycles. The number of hydrogen-bond acceptors (Lipinski definition) is 4. The predicted octanol–water partition coefficient (Wildman–Crippen LogP) is 1.97. The van der Waals surface area contributed by atoms with Gasteiger partial charge in [-0.25, -0.2) is 0 Å². The van der Waals surface area contributed by atoms with E-state index >= 15 is 0 Å². The Bertz CT molecular complexity index is 313. The van der Waals surface area contributed by atoms with E-state index in [1.807, 2.05) is 31.2 Å². The number of nitrogens with two attached hydrogens (primary N) is 1. The summed E-state index contributed by atoms with van der Waals surface area (Å²) in [6.45, 7) is 4.47. The van der Waals surface area contributed by atoms with Crippen LogP contribution in [-0.4, -0.2) is 33.0 Å². The summed E-state index contributed by atoms with van der Waals surface area (Å²) >= 11 is 0. The second-order valence-electron chi connectivity index (χ2n) is 4.00. The SMILES string of the molecule is CCOC(CN)CCOCc1ccc(OC)cc1. The highest BCUT2D eigenvalue weighted by molar-refractivity contribution is 5.26. The van der Waals surface area contributed by atoms with E-state index in [1.165, 1.54) is 0 Å². The van der Waals surface area contributed by atoms with Crippen molar-refractivity contribution in [3.63, 3.8) is 0 Å². The minimum absolute atomic E-state index is 0.103. The molecule has 1 unspecified atom stereocenters. The van der Waals surface area contributed by atoms with Crippen LogP contribution in [0.25, 0.3) is 0 Å². The van der Waals surface area contributed by atoms with Gasteiger partial charge in [-0.1, -0.05) is 12.1 Å². The number of benzene rings is 1. The quantitative estimate of drug-likeness (QED) is 0.684. The monoisotopic (exact) mass is 253 g/mol. The summed E-state index contributed by atoms with van der Waals surface area (Å²) in [7, 11) is 1.66. The van der Waals surface area contributed by atoms with Crippen molar-refractivity contribution in [1.82, 2.24) is 0 Å². The van der Waals surface area contributed by atoms with Crippen molar-refractivity contribution < 1.29 is 14.2 Å². The molecular weight excluding hydrogens is 230 g/mol. The molecule has 0 aliphatic heterocycles. The highest BCUT2D eigenvalue weighted by Crippen LogP contribution is 2.12. The van der Waals surface area contributed by atoms with Gasteiger partial charge in [0.05, 0.1) is 19.8 Å². The fraction of sp³-hybridized carbons (Fsp3) is 0.571. The molecule has 0 spiro atoms. The zero-order valence-corrected chi connectivity index (χ0v) is 11.2. The van der Waals surface area contributed by atoms with Gasteiger partial charge in [0.2, 0.25) is 0 Å². The normalized spacial score (nSPS) is 12.4. The highest BCUT2D eigenvalue weighted by Gasteiger charge is 2.05. The van der Waals surface area contributed by atoms with E-state index in [9.17, 15) is 0 Å². The molecule has 1 rings (SSSR count). The maximum atomic E-state index is 5.60. The lowest BCUT2D eigenvalue weighted by Gasteiger charge is -2.14. The Labute approximate surface area is 109 Å². The van der Waals surface area contributed by atoms with Gasteiger partial charge in [-0.05, 0) is 31.0 Å². The van der Waals surface area contributed by atoms with Crippen molar-refractivity contribution in [3.05, 3.63) is 29.8 Å². The van der Waals surface area contributed by atoms with Crippen LogP contribution in [0.15, 0.2) is 24.3 Å². The molecule has 0 saturated heterocycles. The average Bonchev–Trinajstić information content (AvgIpc) is 2.43. The van der Waals surface area contributed by atoms with E-state index in [2.05, 4.69) is 0 Å². The first-order chi connectivity index (χ1) is 8.80. The Morgan fingerprint density at radius 2 is 1.94 bits per heavy atom. The number of methoxy groups -OCH3 is 1. The Morgan fingerprint density at radius 1 is 1.22 bits per heavy atom. The van der Waals surface area contributed by atoms with Crippen LogP contribution in [0.5, 0.6) is 5.75 Å². The van der Waals surface area contributed by atoms with Crippen LogP contribution in [0.1, 0.15) is 18.9 Å². The van der Waals surface area contributed by atoms with E-state index in [4.69, 9.17) is 19.9 Å². The van der Waals surface area contributed by atoms with Gasteiger partial charge in [0, 0.05) is 19.8 Å². The van der Waals surface area contributed by atoms with Gasteiger partial charge in [0.15, 0.2) is 0 Å². The van der Waals surface area contributed by atoms with Crippen molar-refractivity contribution >= 4 is 0 Å². The number of rotatable bonds is 9. The second-order valence-corrected chi connectivity index (χ2v) is 4.00.